The molecule has 6 nitrogen and oxygen atoms in total. The zero-order valence-corrected chi connectivity index (χ0v) is 20.0. The summed E-state index contributed by atoms with van der Waals surface area (Å²) < 4.78 is 0.338. The molecule has 1 aromatic heterocycles. The number of thioether (sulfide) groups is 1. The number of aromatic nitrogens is 2. The summed E-state index contributed by atoms with van der Waals surface area (Å²) in [7, 11) is 0. The van der Waals surface area contributed by atoms with Gasteiger partial charge in [-0.15, -0.1) is 10.2 Å². The van der Waals surface area contributed by atoms with Crippen LogP contribution in [0.3, 0.4) is 0 Å². The van der Waals surface area contributed by atoms with Crippen LogP contribution in [-0.4, -0.2) is 32.3 Å². The molecule has 2 aromatic carbocycles. The van der Waals surface area contributed by atoms with Crippen LogP contribution >= 0.6 is 23.1 Å². The topological polar surface area (TPSA) is 100 Å². The van der Waals surface area contributed by atoms with Crippen molar-refractivity contribution in [2.24, 2.45) is 0 Å². The second kappa shape index (κ2) is 13.1. The molecule has 0 amide bonds. The van der Waals surface area contributed by atoms with Crippen LogP contribution in [0.5, 0.6) is 0 Å². The average Bonchev–Trinajstić information content (AvgIpc) is 3.29. The minimum Gasteiger partial charge on any atom is -0.480 e. The van der Waals surface area contributed by atoms with Gasteiger partial charge < -0.3 is 10.2 Å². The van der Waals surface area contributed by atoms with Gasteiger partial charge in [0.1, 0.15) is 5.25 Å². The zero-order valence-electron chi connectivity index (χ0n) is 18.4. The predicted molar refractivity (Wildman–Crippen MR) is 131 cm³/mol. The Morgan fingerprint density at radius 1 is 0.818 bits per heavy atom. The van der Waals surface area contributed by atoms with Crippen LogP contribution in [0.15, 0.2) is 58.9 Å². The summed E-state index contributed by atoms with van der Waals surface area (Å²) in [4.78, 5) is 23.0. The first-order valence-electron chi connectivity index (χ1n) is 11.1. The van der Waals surface area contributed by atoms with Crippen molar-refractivity contribution in [2.45, 2.75) is 61.0 Å². The van der Waals surface area contributed by atoms with Crippen LogP contribution in [0, 0.1) is 0 Å². The monoisotopic (exact) mass is 484 g/mol. The van der Waals surface area contributed by atoms with Gasteiger partial charge in [0.15, 0.2) is 4.34 Å². The maximum Gasteiger partial charge on any atom is 0.367 e. The van der Waals surface area contributed by atoms with E-state index < -0.39 is 17.2 Å². The molecule has 0 aliphatic carbocycles. The number of aliphatic carboxylic acids is 1. The number of carbonyl (C=O) groups is 2. The van der Waals surface area contributed by atoms with Gasteiger partial charge in [-0.05, 0) is 42.4 Å². The van der Waals surface area contributed by atoms with Crippen LogP contribution in [-0.2, 0) is 17.6 Å². The molecule has 0 saturated heterocycles. The number of rotatable bonds is 14. The van der Waals surface area contributed by atoms with E-state index in [4.69, 9.17) is 5.11 Å². The number of aromatic carboxylic acids is 1. The molecule has 3 aromatic rings. The van der Waals surface area contributed by atoms with Crippen LogP contribution in [0.2, 0.25) is 0 Å². The quantitative estimate of drug-likeness (QED) is 0.205. The van der Waals surface area contributed by atoms with Gasteiger partial charge in [-0.2, -0.15) is 0 Å². The fraction of sp³-hybridized carbons (Fsp3) is 0.360. The Kier molecular flexibility index (Phi) is 9.90. The average molecular weight is 485 g/mol. The molecule has 0 fully saturated rings. The molecule has 0 saturated carbocycles. The van der Waals surface area contributed by atoms with E-state index in [2.05, 4.69) is 34.5 Å². The normalized spacial score (nSPS) is 11.9. The highest BCUT2D eigenvalue weighted by molar-refractivity contribution is 8.01. The Morgan fingerprint density at radius 2 is 1.45 bits per heavy atom. The molecule has 0 spiro atoms. The van der Waals surface area contributed by atoms with Gasteiger partial charge in [-0.25, -0.2) is 4.79 Å². The van der Waals surface area contributed by atoms with Crippen LogP contribution in [0.25, 0.3) is 0 Å². The third kappa shape index (κ3) is 7.98. The highest BCUT2D eigenvalue weighted by Crippen LogP contribution is 2.38. The molecule has 33 heavy (non-hydrogen) atoms. The minimum absolute atomic E-state index is 0.140. The van der Waals surface area contributed by atoms with Gasteiger partial charge in [-0.1, -0.05) is 103 Å². The molecular weight excluding hydrogens is 456 g/mol. The lowest BCUT2D eigenvalue weighted by Crippen LogP contribution is -2.10. The lowest BCUT2D eigenvalue weighted by Gasteiger charge is -2.15. The Bertz CT molecular complexity index is 1040. The molecule has 0 aliphatic rings. The lowest BCUT2D eigenvalue weighted by molar-refractivity contribution is -0.136. The van der Waals surface area contributed by atoms with E-state index in [9.17, 15) is 14.7 Å². The standard InChI is InChI=1S/C25H28N2O4S2/c28-23(29)21(32-25-27-26-22(33-25)24(30)31)20-17-11-10-16-19(20)15-9-4-2-1-3-6-12-18-13-7-5-8-14-18/h5,7-8,10-11,13-14,16-17,21H,1-4,6,9,12,15H2,(H,28,29)(H,30,31). The van der Waals surface area contributed by atoms with Crippen molar-refractivity contribution in [1.82, 2.24) is 10.2 Å². The molecule has 0 bridgehead atoms. The Balaban J connectivity index is 1.47. The van der Waals surface area contributed by atoms with Crippen molar-refractivity contribution in [3.63, 3.8) is 0 Å². The Morgan fingerprint density at radius 3 is 2.12 bits per heavy atom. The Hall–Kier alpha value is -2.71. The third-order valence-electron chi connectivity index (χ3n) is 5.37. The first kappa shape index (κ1) is 24.9. The minimum atomic E-state index is -1.16. The van der Waals surface area contributed by atoms with Gasteiger partial charge in [0.2, 0.25) is 5.01 Å². The molecule has 3 rings (SSSR count). The fourth-order valence-corrected chi connectivity index (χ4v) is 5.59. The van der Waals surface area contributed by atoms with Gasteiger partial charge in [-0.3, -0.25) is 4.79 Å². The van der Waals surface area contributed by atoms with Crippen molar-refractivity contribution in [3.05, 3.63) is 76.3 Å². The number of hydrogen-bond donors (Lipinski definition) is 2. The number of carboxylic acids is 2. The summed E-state index contributed by atoms with van der Waals surface area (Å²) in [5, 5.41) is 25.3. The van der Waals surface area contributed by atoms with E-state index in [1.807, 2.05) is 30.3 Å². The van der Waals surface area contributed by atoms with Gasteiger partial charge in [0.05, 0.1) is 0 Å². The number of unbranched alkanes of at least 4 members (excludes halogenated alkanes) is 5. The van der Waals surface area contributed by atoms with Crippen molar-refractivity contribution in [2.75, 3.05) is 0 Å². The van der Waals surface area contributed by atoms with E-state index in [1.54, 1.807) is 0 Å². The third-order valence-corrected chi connectivity index (χ3v) is 7.59. The maximum absolute atomic E-state index is 12.0. The number of carboxylic acid groups (broad SMARTS) is 2. The summed E-state index contributed by atoms with van der Waals surface area (Å²) >= 11 is 1.93. The number of aryl methyl sites for hydroxylation is 2. The summed E-state index contributed by atoms with van der Waals surface area (Å²) in [6.07, 6.45) is 8.90. The molecule has 1 atom stereocenters. The second-order valence-corrected chi connectivity index (χ2v) is 10.1. The van der Waals surface area contributed by atoms with Crippen LogP contribution < -0.4 is 0 Å². The Labute approximate surface area is 202 Å². The van der Waals surface area contributed by atoms with Crippen LogP contribution in [0.4, 0.5) is 0 Å². The first-order chi connectivity index (χ1) is 16.0. The molecule has 8 heteroatoms. The van der Waals surface area contributed by atoms with Gasteiger partial charge >= 0.3 is 11.9 Å². The van der Waals surface area contributed by atoms with E-state index in [0.29, 0.717) is 4.34 Å². The van der Waals surface area contributed by atoms with Crippen molar-refractivity contribution in [3.8, 4) is 0 Å². The summed E-state index contributed by atoms with van der Waals surface area (Å²) in [6.45, 7) is 0. The smallest absolute Gasteiger partial charge is 0.367 e. The number of benzene rings is 2. The van der Waals surface area contributed by atoms with Crippen LogP contribution in [0.1, 0.15) is 70.3 Å². The van der Waals surface area contributed by atoms with Gasteiger partial charge in [0, 0.05) is 0 Å². The molecule has 174 valence electrons. The molecule has 2 N–H and O–H groups in total. The zero-order chi connectivity index (χ0) is 23.5. The molecule has 0 radical (unpaired) electrons. The maximum atomic E-state index is 12.0. The summed E-state index contributed by atoms with van der Waals surface area (Å²) in [5.41, 5.74) is 3.15. The highest BCUT2D eigenvalue weighted by atomic mass is 32.2. The lowest BCUT2D eigenvalue weighted by atomic mass is 9.98. The predicted octanol–water partition coefficient (Wildman–Crippen LogP) is 6.28. The summed E-state index contributed by atoms with van der Waals surface area (Å²) in [5.74, 6) is -2.13. The number of hydrogen-bond acceptors (Lipinski definition) is 6. The molecular formula is C25H28N2O4S2. The molecule has 1 unspecified atom stereocenters. The first-order valence-corrected chi connectivity index (χ1v) is 12.8. The van der Waals surface area contributed by atoms with Crippen molar-refractivity contribution in [1.29, 1.82) is 0 Å². The highest BCUT2D eigenvalue weighted by Gasteiger charge is 2.26. The number of nitrogens with zero attached hydrogens (tertiary/aromatic N) is 2. The van der Waals surface area contributed by atoms with E-state index >= 15 is 0 Å². The molecule has 1 heterocycles. The van der Waals surface area contributed by atoms with Crippen molar-refractivity contribution < 1.29 is 19.8 Å². The van der Waals surface area contributed by atoms with E-state index in [-0.39, 0.29) is 5.01 Å². The molecule has 0 aliphatic heterocycles. The summed E-state index contributed by atoms with van der Waals surface area (Å²) in [6, 6.07) is 18.2. The fourth-order valence-electron chi connectivity index (χ4n) is 3.71. The van der Waals surface area contributed by atoms with Gasteiger partial charge in [0.25, 0.3) is 0 Å². The SMILES string of the molecule is O=C(O)c1nnc(SC(C(=O)O)c2ccccc2CCCCCCCCc2ccccc2)s1. The van der Waals surface area contributed by atoms with E-state index in [1.165, 1.54) is 31.2 Å². The van der Waals surface area contributed by atoms with Crippen molar-refractivity contribution >= 4 is 35.0 Å². The van der Waals surface area contributed by atoms with E-state index in [0.717, 1.165) is 59.9 Å². The second-order valence-electron chi connectivity index (χ2n) is 7.82. The largest absolute Gasteiger partial charge is 0.480 e.